The molecule has 33 heavy (non-hydrogen) atoms. The Morgan fingerprint density at radius 2 is 1.79 bits per heavy atom. The number of nitrogens with zero attached hydrogens (tertiary/aromatic N) is 4. The molecule has 0 spiro atoms. The normalized spacial score (nSPS) is 10.8. The van der Waals surface area contributed by atoms with E-state index in [-0.39, 0.29) is 36.3 Å². The van der Waals surface area contributed by atoms with E-state index in [9.17, 15) is 18.8 Å². The van der Waals surface area contributed by atoms with Crippen molar-refractivity contribution in [2.24, 2.45) is 0 Å². The van der Waals surface area contributed by atoms with E-state index in [0.29, 0.717) is 28.8 Å². The molecule has 0 saturated heterocycles. The van der Waals surface area contributed by atoms with E-state index < -0.39 is 0 Å². The van der Waals surface area contributed by atoms with Crippen molar-refractivity contribution in [3.05, 3.63) is 88.4 Å². The van der Waals surface area contributed by atoms with Crippen LogP contribution in [0, 0.1) is 5.82 Å². The minimum Gasteiger partial charge on any atom is -0.350 e. The van der Waals surface area contributed by atoms with Crippen LogP contribution < -0.4 is 16.2 Å². The standard InChI is InChI=1S/C23H21FN6O3/c1-15(31)28-19-8-4-17(5-9-19)22(32)25-10-11-30-21-20(12-27-30)23(33)29(14-26-21)13-16-2-6-18(24)7-3-16/h2-9,12,14H,10-11,13H2,1H3,(H,25,32)(H,28,31). The smallest absolute Gasteiger partial charge is 0.264 e. The molecule has 168 valence electrons. The maximum absolute atomic E-state index is 13.1. The van der Waals surface area contributed by atoms with Crippen molar-refractivity contribution in [1.82, 2.24) is 24.6 Å². The van der Waals surface area contributed by atoms with Crippen LogP contribution in [0.2, 0.25) is 0 Å². The number of rotatable bonds is 7. The summed E-state index contributed by atoms with van der Waals surface area (Å²) in [4.78, 5) is 40.5. The summed E-state index contributed by atoms with van der Waals surface area (Å²) in [5, 5.41) is 10.0. The number of carbonyl (C=O) groups is 2. The lowest BCUT2D eigenvalue weighted by molar-refractivity contribution is -0.114. The summed E-state index contributed by atoms with van der Waals surface area (Å²) >= 11 is 0. The first kappa shape index (κ1) is 21.9. The van der Waals surface area contributed by atoms with Crippen molar-refractivity contribution in [3.63, 3.8) is 0 Å². The summed E-state index contributed by atoms with van der Waals surface area (Å²) in [6.45, 7) is 2.29. The second-order valence-corrected chi connectivity index (χ2v) is 7.42. The van der Waals surface area contributed by atoms with Gasteiger partial charge >= 0.3 is 0 Å². The number of amides is 2. The third kappa shape index (κ3) is 5.12. The molecule has 4 aromatic rings. The highest BCUT2D eigenvalue weighted by Gasteiger charge is 2.11. The van der Waals surface area contributed by atoms with Gasteiger partial charge in [0.05, 0.1) is 19.3 Å². The van der Waals surface area contributed by atoms with Crippen LogP contribution in [0.4, 0.5) is 10.1 Å². The second kappa shape index (κ2) is 9.43. The van der Waals surface area contributed by atoms with Crippen molar-refractivity contribution in [2.45, 2.75) is 20.0 Å². The fraction of sp³-hybridized carbons (Fsp3) is 0.174. The van der Waals surface area contributed by atoms with Gasteiger partial charge in [0.15, 0.2) is 5.65 Å². The molecule has 9 nitrogen and oxygen atoms in total. The minimum absolute atomic E-state index is 0.186. The Morgan fingerprint density at radius 1 is 1.06 bits per heavy atom. The van der Waals surface area contributed by atoms with Crippen molar-refractivity contribution in [1.29, 1.82) is 0 Å². The SMILES string of the molecule is CC(=O)Nc1ccc(C(=O)NCCn2ncc3c(=O)n(Cc4ccc(F)cc4)cnc32)cc1. The van der Waals surface area contributed by atoms with E-state index in [1.807, 2.05) is 0 Å². The number of nitrogens with one attached hydrogen (secondary N) is 2. The monoisotopic (exact) mass is 448 g/mol. The molecule has 0 bridgehead atoms. The molecule has 2 heterocycles. The largest absolute Gasteiger partial charge is 0.350 e. The van der Waals surface area contributed by atoms with E-state index in [2.05, 4.69) is 20.7 Å². The van der Waals surface area contributed by atoms with Crippen molar-refractivity contribution in [2.75, 3.05) is 11.9 Å². The highest BCUT2D eigenvalue weighted by molar-refractivity contribution is 5.95. The Kier molecular flexibility index (Phi) is 6.25. The first-order valence-corrected chi connectivity index (χ1v) is 10.2. The number of fused-ring (bicyclic) bond motifs is 1. The number of hydrogen-bond acceptors (Lipinski definition) is 5. The van der Waals surface area contributed by atoms with Crippen LogP contribution >= 0.6 is 0 Å². The van der Waals surface area contributed by atoms with Gasteiger partial charge in [-0.3, -0.25) is 19.0 Å². The summed E-state index contributed by atoms with van der Waals surface area (Å²) in [7, 11) is 0. The summed E-state index contributed by atoms with van der Waals surface area (Å²) in [5.74, 6) is -0.792. The zero-order chi connectivity index (χ0) is 23.4. The molecule has 10 heteroatoms. The molecule has 0 aliphatic rings. The Balaban J connectivity index is 1.39. The Hall–Kier alpha value is -4.34. The van der Waals surface area contributed by atoms with Crippen LogP contribution in [-0.4, -0.2) is 37.7 Å². The zero-order valence-electron chi connectivity index (χ0n) is 17.8. The van der Waals surface area contributed by atoms with Gasteiger partial charge in [-0.25, -0.2) is 14.1 Å². The lowest BCUT2D eigenvalue weighted by atomic mass is 10.2. The van der Waals surface area contributed by atoms with Gasteiger partial charge in [0.2, 0.25) is 5.91 Å². The second-order valence-electron chi connectivity index (χ2n) is 7.42. The van der Waals surface area contributed by atoms with Gasteiger partial charge in [-0.05, 0) is 42.0 Å². The molecule has 0 unspecified atom stereocenters. The van der Waals surface area contributed by atoms with E-state index in [1.165, 1.54) is 36.1 Å². The third-order valence-corrected chi connectivity index (χ3v) is 4.97. The molecule has 0 atom stereocenters. The van der Waals surface area contributed by atoms with Crippen LogP contribution in [0.25, 0.3) is 11.0 Å². The Bertz CT molecular complexity index is 1360. The molecule has 2 amide bonds. The highest BCUT2D eigenvalue weighted by atomic mass is 19.1. The van der Waals surface area contributed by atoms with E-state index in [0.717, 1.165) is 5.56 Å². The number of aromatic nitrogens is 4. The third-order valence-electron chi connectivity index (χ3n) is 4.97. The maximum Gasteiger partial charge on any atom is 0.264 e. The van der Waals surface area contributed by atoms with Gasteiger partial charge in [-0.15, -0.1) is 0 Å². The molecule has 0 aliphatic carbocycles. The molecule has 4 rings (SSSR count). The molecule has 0 fully saturated rings. The number of anilines is 1. The predicted octanol–water partition coefficient (Wildman–Crippen LogP) is 2.17. The molecular weight excluding hydrogens is 427 g/mol. The summed E-state index contributed by atoms with van der Waals surface area (Å²) < 4.78 is 16.1. The Morgan fingerprint density at radius 3 is 2.48 bits per heavy atom. The molecule has 2 aromatic carbocycles. The van der Waals surface area contributed by atoms with Crippen LogP contribution in [0.1, 0.15) is 22.8 Å². The number of benzene rings is 2. The zero-order valence-corrected chi connectivity index (χ0v) is 17.8. The van der Waals surface area contributed by atoms with Gasteiger partial charge in [0.1, 0.15) is 17.5 Å². The van der Waals surface area contributed by atoms with E-state index in [1.54, 1.807) is 41.1 Å². The van der Waals surface area contributed by atoms with E-state index in [4.69, 9.17) is 0 Å². The number of carbonyl (C=O) groups excluding carboxylic acids is 2. The van der Waals surface area contributed by atoms with Gasteiger partial charge in [-0.1, -0.05) is 12.1 Å². The maximum atomic E-state index is 13.1. The van der Waals surface area contributed by atoms with Crippen LogP contribution in [-0.2, 0) is 17.9 Å². The fourth-order valence-electron chi connectivity index (χ4n) is 3.35. The average Bonchev–Trinajstić information content (AvgIpc) is 3.21. The first-order valence-electron chi connectivity index (χ1n) is 10.2. The first-order chi connectivity index (χ1) is 15.9. The van der Waals surface area contributed by atoms with Crippen molar-refractivity contribution in [3.8, 4) is 0 Å². The minimum atomic E-state index is -0.338. The van der Waals surface area contributed by atoms with Gasteiger partial charge in [-0.2, -0.15) is 5.10 Å². The molecular formula is C23H21FN6O3. The Labute approximate surface area is 187 Å². The lowest BCUT2D eigenvalue weighted by Gasteiger charge is -2.08. The van der Waals surface area contributed by atoms with Crippen molar-refractivity contribution < 1.29 is 14.0 Å². The highest BCUT2D eigenvalue weighted by Crippen LogP contribution is 2.10. The quantitative estimate of drug-likeness (QED) is 0.450. The van der Waals surface area contributed by atoms with Gasteiger partial charge in [0, 0.05) is 24.7 Å². The lowest BCUT2D eigenvalue weighted by Crippen LogP contribution is -2.27. The molecule has 2 N–H and O–H groups in total. The summed E-state index contributed by atoms with van der Waals surface area (Å²) in [6, 6.07) is 12.5. The van der Waals surface area contributed by atoms with E-state index >= 15 is 0 Å². The molecule has 0 aliphatic heterocycles. The molecule has 0 radical (unpaired) electrons. The van der Waals surface area contributed by atoms with Gasteiger partial charge in [0.25, 0.3) is 11.5 Å². The predicted molar refractivity (Wildman–Crippen MR) is 120 cm³/mol. The van der Waals surface area contributed by atoms with Crippen LogP contribution in [0.15, 0.2) is 65.8 Å². The van der Waals surface area contributed by atoms with Crippen LogP contribution in [0.3, 0.4) is 0 Å². The molecule has 0 saturated carbocycles. The number of hydrogen-bond donors (Lipinski definition) is 2. The topological polar surface area (TPSA) is 111 Å². The van der Waals surface area contributed by atoms with Crippen molar-refractivity contribution >= 4 is 28.5 Å². The average molecular weight is 448 g/mol. The summed E-state index contributed by atoms with van der Waals surface area (Å²) in [6.07, 6.45) is 2.88. The summed E-state index contributed by atoms with van der Waals surface area (Å²) in [5.41, 5.74) is 2.01. The van der Waals surface area contributed by atoms with Gasteiger partial charge < -0.3 is 10.6 Å². The fourth-order valence-corrected chi connectivity index (χ4v) is 3.35. The van der Waals surface area contributed by atoms with Crippen LogP contribution in [0.5, 0.6) is 0 Å². The number of halogens is 1. The molecule has 2 aromatic heterocycles.